The van der Waals surface area contributed by atoms with Gasteiger partial charge in [0.25, 0.3) is 0 Å². The number of hydrogen-bond acceptors (Lipinski definition) is 2. The molecule has 0 atom stereocenters. The molecule has 0 fully saturated rings. The Hall–Kier alpha value is -0.570. The van der Waals surface area contributed by atoms with Crippen molar-refractivity contribution < 1.29 is 0 Å². The Bertz CT molecular complexity index is 304. The molecule has 1 N–H and O–H groups in total. The molecular formula is C10H12Cl2N2. The van der Waals surface area contributed by atoms with E-state index in [2.05, 4.69) is 10.3 Å². The van der Waals surface area contributed by atoms with Gasteiger partial charge in [-0.2, -0.15) is 0 Å². The highest BCUT2D eigenvalue weighted by atomic mass is 35.5. The predicted molar refractivity (Wildman–Crippen MR) is 61.8 cm³/mol. The highest BCUT2D eigenvalue weighted by Gasteiger charge is 2.01. The van der Waals surface area contributed by atoms with Crippen LogP contribution in [0, 0.1) is 0 Å². The van der Waals surface area contributed by atoms with E-state index in [1.54, 1.807) is 12.3 Å². The topological polar surface area (TPSA) is 24.9 Å². The standard InChI is InChI=1S/C10H12Cl2N2/c1-13-6-3-2-4-8-9(11)5-7-14-10(8)12/h2,4-5,7,13H,3,6H2,1H3. The first-order chi connectivity index (χ1) is 6.75. The molecule has 0 spiro atoms. The summed E-state index contributed by atoms with van der Waals surface area (Å²) in [6, 6.07) is 1.73. The Labute approximate surface area is 93.9 Å². The monoisotopic (exact) mass is 230 g/mol. The van der Waals surface area contributed by atoms with E-state index in [1.807, 2.05) is 19.2 Å². The molecule has 14 heavy (non-hydrogen) atoms. The van der Waals surface area contributed by atoms with Gasteiger partial charge in [-0.1, -0.05) is 35.4 Å². The number of hydrogen-bond donors (Lipinski definition) is 1. The minimum atomic E-state index is 0.443. The molecule has 0 unspecified atom stereocenters. The molecule has 0 bridgehead atoms. The van der Waals surface area contributed by atoms with Crippen LogP contribution in [0.4, 0.5) is 0 Å². The van der Waals surface area contributed by atoms with Crippen LogP contribution in [0.1, 0.15) is 12.0 Å². The van der Waals surface area contributed by atoms with Gasteiger partial charge in [0.1, 0.15) is 5.15 Å². The Morgan fingerprint density at radius 2 is 2.29 bits per heavy atom. The summed E-state index contributed by atoms with van der Waals surface area (Å²) < 4.78 is 0. The van der Waals surface area contributed by atoms with E-state index in [4.69, 9.17) is 23.2 Å². The van der Waals surface area contributed by atoms with E-state index in [-0.39, 0.29) is 0 Å². The van der Waals surface area contributed by atoms with Crippen LogP contribution in [0.25, 0.3) is 6.08 Å². The van der Waals surface area contributed by atoms with E-state index < -0.39 is 0 Å². The minimum absolute atomic E-state index is 0.443. The summed E-state index contributed by atoms with van der Waals surface area (Å²) in [7, 11) is 1.91. The van der Waals surface area contributed by atoms with Crippen molar-refractivity contribution >= 4 is 29.3 Å². The summed E-state index contributed by atoms with van der Waals surface area (Å²) >= 11 is 11.8. The van der Waals surface area contributed by atoms with E-state index in [9.17, 15) is 0 Å². The number of rotatable bonds is 4. The van der Waals surface area contributed by atoms with Crippen molar-refractivity contribution in [1.82, 2.24) is 10.3 Å². The zero-order valence-corrected chi connectivity index (χ0v) is 9.44. The van der Waals surface area contributed by atoms with Gasteiger partial charge in [-0.25, -0.2) is 4.98 Å². The molecule has 1 rings (SSSR count). The lowest BCUT2D eigenvalue weighted by atomic mass is 10.2. The summed E-state index contributed by atoms with van der Waals surface area (Å²) in [6.45, 7) is 0.937. The normalized spacial score (nSPS) is 11.1. The lowest BCUT2D eigenvalue weighted by molar-refractivity contribution is 0.809. The van der Waals surface area contributed by atoms with Gasteiger partial charge < -0.3 is 5.32 Å². The largest absolute Gasteiger partial charge is 0.319 e. The van der Waals surface area contributed by atoms with Gasteiger partial charge in [0, 0.05) is 11.8 Å². The van der Waals surface area contributed by atoms with Crippen molar-refractivity contribution in [2.45, 2.75) is 6.42 Å². The molecule has 0 aromatic carbocycles. The van der Waals surface area contributed by atoms with Crippen LogP contribution in [0.3, 0.4) is 0 Å². The summed E-state index contributed by atoms with van der Waals surface area (Å²) in [6.07, 6.45) is 6.45. The summed E-state index contributed by atoms with van der Waals surface area (Å²) in [5, 5.41) is 4.12. The molecule has 1 aromatic rings. The second kappa shape index (κ2) is 6.02. The van der Waals surface area contributed by atoms with Gasteiger partial charge in [0.05, 0.1) is 5.02 Å². The van der Waals surface area contributed by atoms with Crippen molar-refractivity contribution in [1.29, 1.82) is 0 Å². The molecule has 0 saturated heterocycles. The minimum Gasteiger partial charge on any atom is -0.319 e. The molecule has 1 aromatic heterocycles. The number of halogens is 2. The molecule has 1 heterocycles. The summed E-state index contributed by atoms with van der Waals surface area (Å²) in [5.74, 6) is 0. The zero-order chi connectivity index (χ0) is 10.4. The van der Waals surface area contributed by atoms with E-state index in [0.717, 1.165) is 18.5 Å². The van der Waals surface area contributed by atoms with Crippen LogP contribution in [0.2, 0.25) is 10.2 Å². The third-order valence-electron chi connectivity index (χ3n) is 1.73. The van der Waals surface area contributed by atoms with Gasteiger partial charge in [0.15, 0.2) is 0 Å². The molecule has 0 radical (unpaired) electrons. The molecule has 0 saturated carbocycles. The first-order valence-electron chi connectivity index (χ1n) is 4.37. The third-order valence-corrected chi connectivity index (χ3v) is 2.36. The zero-order valence-electron chi connectivity index (χ0n) is 7.93. The first-order valence-corrected chi connectivity index (χ1v) is 5.12. The van der Waals surface area contributed by atoms with Gasteiger partial charge in [-0.3, -0.25) is 0 Å². The predicted octanol–water partition coefficient (Wildman–Crippen LogP) is 3.01. The second-order valence-corrected chi connectivity index (χ2v) is 3.56. The number of nitrogens with zero attached hydrogens (tertiary/aromatic N) is 1. The lowest BCUT2D eigenvalue weighted by Crippen LogP contribution is -2.05. The second-order valence-electron chi connectivity index (χ2n) is 2.79. The van der Waals surface area contributed by atoms with Crippen LogP contribution in [0.15, 0.2) is 18.3 Å². The van der Waals surface area contributed by atoms with Crippen LogP contribution < -0.4 is 5.32 Å². The Kier molecular flexibility index (Phi) is 4.94. The van der Waals surface area contributed by atoms with Crippen LogP contribution in [-0.2, 0) is 0 Å². The fraction of sp³-hybridized carbons (Fsp3) is 0.300. The van der Waals surface area contributed by atoms with E-state index in [1.165, 1.54) is 0 Å². The maximum atomic E-state index is 5.95. The first kappa shape index (κ1) is 11.5. The van der Waals surface area contributed by atoms with E-state index in [0.29, 0.717) is 10.2 Å². The SMILES string of the molecule is CNCCC=Cc1c(Cl)ccnc1Cl. The van der Waals surface area contributed by atoms with E-state index >= 15 is 0 Å². The molecule has 0 aliphatic rings. The fourth-order valence-electron chi connectivity index (χ4n) is 1.00. The Morgan fingerprint density at radius 1 is 1.50 bits per heavy atom. The highest BCUT2D eigenvalue weighted by Crippen LogP contribution is 2.23. The molecule has 76 valence electrons. The van der Waals surface area contributed by atoms with Crippen LogP contribution >= 0.6 is 23.2 Å². The van der Waals surface area contributed by atoms with Gasteiger partial charge in [0.2, 0.25) is 0 Å². The van der Waals surface area contributed by atoms with Crippen molar-refractivity contribution in [2.75, 3.05) is 13.6 Å². The Morgan fingerprint density at radius 3 is 2.93 bits per heavy atom. The van der Waals surface area contributed by atoms with Gasteiger partial charge in [-0.15, -0.1) is 0 Å². The molecule has 4 heteroatoms. The quantitative estimate of drug-likeness (QED) is 0.636. The number of aromatic nitrogens is 1. The maximum Gasteiger partial charge on any atom is 0.137 e. The molecule has 0 aliphatic heterocycles. The average Bonchev–Trinajstić information content (AvgIpc) is 2.16. The summed E-state index contributed by atoms with van der Waals surface area (Å²) in [4.78, 5) is 3.95. The summed E-state index contributed by atoms with van der Waals surface area (Å²) in [5.41, 5.74) is 0.784. The highest BCUT2D eigenvalue weighted by molar-refractivity contribution is 6.36. The molecule has 0 aliphatic carbocycles. The lowest BCUT2D eigenvalue weighted by Gasteiger charge is -1.99. The number of pyridine rings is 1. The average molecular weight is 231 g/mol. The fourth-order valence-corrected chi connectivity index (χ4v) is 1.48. The third kappa shape index (κ3) is 3.29. The molecular weight excluding hydrogens is 219 g/mol. The number of nitrogens with one attached hydrogen (secondary N) is 1. The smallest absolute Gasteiger partial charge is 0.137 e. The van der Waals surface area contributed by atoms with Crippen molar-refractivity contribution in [3.05, 3.63) is 34.1 Å². The van der Waals surface area contributed by atoms with Crippen molar-refractivity contribution in [2.24, 2.45) is 0 Å². The van der Waals surface area contributed by atoms with Crippen LogP contribution in [-0.4, -0.2) is 18.6 Å². The molecule has 0 amide bonds. The van der Waals surface area contributed by atoms with Crippen molar-refractivity contribution in [3.8, 4) is 0 Å². The molecule has 2 nitrogen and oxygen atoms in total. The van der Waals surface area contributed by atoms with Gasteiger partial charge in [-0.05, 0) is 26.1 Å². The van der Waals surface area contributed by atoms with Crippen LogP contribution in [0.5, 0.6) is 0 Å². The van der Waals surface area contributed by atoms with Crippen molar-refractivity contribution in [3.63, 3.8) is 0 Å². The van der Waals surface area contributed by atoms with Gasteiger partial charge >= 0.3 is 0 Å². The maximum absolute atomic E-state index is 5.95. The Balaban J connectivity index is 2.70.